The molecule has 2 aromatic rings. The van der Waals surface area contributed by atoms with Crippen LogP contribution in [0.15, 0.2) is 27.5 Å². The quantitative estimate of drug-likeness (QED) is 0.551. The zero-order valence-corrected chi connectivity index (χ0v) is 13.5. The average molecular weight is 433 g/mol. The minimum Gasteiger partial charge on any atom is -0.325 e. The van der Waals surface area contributed by atoms with Gasteiger partial charge in [0, 0.05) is 11.3 Å². The Kier molecular flexibility index (Phi) is 4.06. The van der Waals surface area contributed by atoms with E-state index in [4.69, 9.17) is 5.26 Å². The number of pyridine rings is 1. The third-order valence-corrected chi connectivity index (χ3v) is 4.27. The van der Waals surface area contributed by atoms with Gasteiger partial charge in [-0.3, -0.25) is 4.79 Å². The second-order valence-electron chi connectivity index (χ2n) is 3.90. The second kappa shape index (κ2) is 5.43. The molecule has 0 saturated carbocycles. The molecule has 3 nitrogen and oxygen atoms in total. The summed E-state index contributed by atoms with van der Waals surface area (Å²) >= 11 is 4.97. The summed E-state index contributed by atoms with van der Waals surface area (Å²) in [5.41, 5.74) is 1.13. The van der Waals surface area contributed by atoms with Gasteiger partial charge in [-0.15, -0.1) is 0 Å². The molecule has 1 N–H and O–H groups in total. The maximum atomic E-state index is 13.9. The van der Waals surface area contributed by atoms with E-state index in [2.05, 4.69) is 20.9 Å². The van der Waals surface area contributed by atoms with E-state index in [1.807, 2.05) is 28.7 Å². The summed E-state index contributed by atoms with van der Waals surface area (Å²) < 4.78 is 14.6. The van der Waals surface area contributed by atoms with Gasteiger partial charge in [0.2, 0.25) is 0 Å². The van der Waals surface area contributed by atoms with E-state index >= 15 is 0 Å². The maximum Gasteiger partial charge on any atom is 0.266 e. The molecule has 0 radical (unpaired) electrons. The fraction of sp³-hybridized carbons (Fsp3) is 0.0769. The minimum absolute atomic E-state index is 0.00904. The van der Waals surface area contributed by atoms with Gasteiger partial charge in [0.1, 0.15) is 11.6 Å². The van der Waals surface area contributed by atoms with Crippen LogP contribution in [0.4, 0.5) is 4.39 Å². The normalized spacial score (nSPS) is 10.3. The summed E-state index contributed by atoms with van der Waals surface area (Å²) in [6.45, 7) is 1.72. The van der Waals surface area contributed by atoms with E-state index < -0.39 is 11.4 Å². The molecule has 0 fully saturated rings. The predicted molar refractivity (Wildman–Crippen MR) is 82.3 cm³/mol. The van der Waals surface area contributed by atoms with Gasteiger partial charge >= 0.3 is 0 Å². The zero-order valence-electron chi connectivity index (χ0n) is 9.72. The van der Waals surface area contributed by atoms with E-state index in [9.17, 15) is 9.18 Å². The van der Waals surface area contributed by atoms with Gasteiger partial charge in [0.05, 0.1) is 8.04 Å². The molecule has 1 heterocycles. The summed E-state index contributed by atoms with van der Waals surface area (Å²) in [6, 6.07) is 6.79. The second-order valence-corrected chi connectivity index (χ2v) is 5.84. The predicted octanol–water partition coefficient (Wildman–Crippen LogP) is 3.73. The van der Waals surface area contributed by atoms with Crippen LogP contribution in [0.3, 0.4) is 0 Å². The van der Waals surface area contributed by atoms with Gasteiger partial charge in [-0.05, 0) is 63.1 Å². The molecule has 0 aliphatic rings. The Morgan fingerprint density at radius 1 is 1.42 bits per heavy atom. The highest BCUT2D eigenvalue weighted by molar-refractivity contribution is 14.1. The van der Waals surface area contributed by atoms with Crippen molar-refractivity contribution in [2.24, 2.45) is 0 Å². The smallest absolute Gasteiger partial charge is 0.266 e. The zero-order chi connectivity index (χ0) is 14.2. The number of hydrogen-bond acceptors (Lipinski definition) is 2. The molecule has 0 aliphatic carbocycles. The first-order valence-electron chi connectivity index (χ1n) is 5.23. The Balaban J connectivity index is 2.84. The summed E-state index contributed by atoms with van der Waals surface area (Å²) in [5, 5.41) is 9.09. The Bertz CT molecular complexity index is 764. The van der Waals surface area contributed by atoms with E-state index in [-0.39, 0.29) is 5.56 Å². The van der Waals surface area contributed by atoms with Crippen LogP contribution in [0, 0.1) is 27.6 Å². The van der Waals surface area contributed by atoms with Gasteiger partial charge in [0.15, 0.2) is 5.82 Å². The first-order valence-corrected chi connectivity index (χ1v) is 7.10. The van der Waals surface area contributed by atoms with E-state index in [0.29, 0.717) is 24.9 Å². The highest BCUT2D eigenvalue weighted by atomic mass is 127. The van der Waals surface area contributed by atoms with Crippen molar-refractivity contribution in [3.05, 3.63) is 53.7 Å². The molecular formula is C13H7BrFIN2O. The third kappa shape index (κ3) is 2.58. The Labute approximate surface area is 130 Å². The van der Waals surface area contributed by atoms with Crippen molar-refractivity contribution >= 4 is 38.5 Å². The van der Waals surface area contributed by atoms with Crippen molar-refractivity contribution in [1.82, 2.24) is 4.98 Å². The molecule has 0 atom stereocenters. The van der Waals surface area contributed by atoms with Crippen LogP contribution in [0.2, 0.25) is 0 Å². The van der Waals surface area contributed by atoms with E-state index in [1.165, 1.54) is 0 Å². The number of hydrogen-bond donors (Lipinski definition) is 1. The average Bonchev–Trinajstić information content (AvgIpc) is 2.35. The molecule has 2 rings (SSSR count). The van der Waals surface area contributed by atoms with Crippen molar-refractivity contribution in [3.63, 3.8) is 0 Å². The molecule has 1 aromatic heterocycles. The number of aromatic amines is 1. The monoisotopic (exact) mass is 432 g/mol. The molecule has 1 aromatic carbocycles. The molecule has 96 valence electrons. The summed E-state index contributed by atoms with van der Waals surface area (Å²) in [6.07, 6.45) is 0. The maximum absolute atomic E-state index is 13.9. The number of H-pyrrole nitrogens is 1. The molecule has 0 bridgehead atoms. The SMILES string of the molecule is Cc1cc(-c2ccc(Br)c(F)c2I)c(C#N)c(=O)[nH]1. The lowest BCUT2D eigenvalue weighted by Crippen LogP contribution is -2.13. The fourth-order valence-corrected chi connectivity index (χ4v) is 3.21. The molecule has 0 aliphatic heterocycles. The lowest BCUT2D eigenvalue weighted by Gasteiger charge is -2.09. The number of nitriles is 1. The first kappa shape index (κ1) is 14.2. The van der Waals surface area contributed by atoms with Crippen LogP contribution in [0.1, 0.15) is 11.3 Å². The van der Waals surface area contributed by atoms with Crippen LogP contribution in [0.5, 0.6) is 0 Å². The Hall–Kier alpha value is -1.20. The van der Waals surface area contributed by atoms with Gasteiger partial charge in [-0.25, -0.2) is 4.39 Å². The van der Waals surface area contributed by atoms with Crippen molar-refractivity contribution in [1.29, 1.82) is 5.26 Å². The highest BCUT2D eigenvalue weighted by Crippen LogP contribution is 2.32. The lowest BCUT2D eigenvalue weighted by atomic mass is 10.0. The topological polar surface area (TPSA) is 56.6 Å². The van der Waals surface area contributed by atoms with Crippen LogP contribution in [-0.4, -0.2) is 4.98 Å². The number of nitrogens with zero attached hydrogens (tertiary/aromatic N) is 1. The summed E-state index contributed by atoms with van der Waals surface area (Å²) in [7, 11) is 0. The van der Waals surface area contributed by atoms with Crippen LogP contribution >= 0.6 is 38.5 Å². The number of aromatic nitrogens is 1. The molecule has 6 heteroatoms. The van der Waals surface area contributed by atoms with E-state index in [0.717, 1.165) is 0 Å². The summed E-state index contributed by atoms with van der Waals surface area (Å²) in [4.78, 5) is 14.3. The number of rotatable bonds is 1. The Morgan fingerprint density at radius 2 is 2.11 bits per heavy atom. The Morgan fingerprint density at radius 3 is 2.74 bits per heavy atom. The molecule has 0 spiro atoms. The van der Waals surface area contributed by atoms with Gasteiger partial charge in [-0.2, -0.15) is 5.26 Å². The van der Waals surface area contributed by atoms with Crippen molar-refractivity contribution in [3.8, 4) is 17.2 Å². The van der Waals surface area contributed by atoms with Crippen LogP contribution < -0.4 is 5.56 Å². The number of aryl methyl sites for hydroxylation is 1. The largest absolute Gasteiger partial charge is 0.325 e. The van der Waals surface area contributed by atoms with Crippen molar-refractivity contribution in [2.45, 2.75) is 6.92 Å². The molecule has 0 amide bonds. The number of benzene rings is 1. The third-order valence-electron chi connectivity index (χ3n) is 2.61. The number of halogens is 3. The fourth-order valence-electron chi connectivity index (χ4n) is 1.75. The number of nitrogens with one attached hydrogen (secondary N) is 1. The lowest BCUT2D eigenvalue weighted by molar-refractivity contribution is 0.614. The molecule has 0 saturated heterocycles. The van der Waals surface area contributed by atoms with Crippen molar-refractivity contribution in [2.75, 3.05) is 0 Å². The van der Waals surface area contributed by atoms with Gasteiger partial charge in [0.25, 0.3) is 5.56 Å². The van der Waals surface area contributed by atoms with Gasteiger partial charge < -0.3 is 4.98 Å². The minimum atomic E-state index is -0.461. The van der Waals surface area contributed by atoms with Crippen molar-refractivity contribution < 1.29 is 4.39 Å². The van der Waals surface area contributed by atoms with Crippen LogP contribution in [0.25, 0.3) is 11.1 Å². The van der Waals surface area contributed by atoms with Crippen LogP contribution in [-0.2, 0) is 0 Å². The summed E-state index contributed by atoms with van der Waals surface area (Å²) in [5.74, 6) is -0.403. The molecule has 19 heavy (non-hydrogen) atoms. The first-order chi connectivity index (χ1) is 8.95. The van der Waals surface area contributed by atoms with Gasteiger partial charge in [-0.1, -0.05) is 6.07 Å². The standard InChI is InChI=1S/C13H7BrFIN2O/c1-6-4-8(9(5-17)13(19)18-6)7-2-3-10(14)11(15)12(7)16/h2-4H,1H3,(H,18,19). The van der Waals surface area contributed by atoms with E-state index in [1.54, 1.807) is 25.1 Å². The molecular weight excluding hydrogens is 426 g/mol. The highest BCUT2D eigenvalue weighted by Gasteiger charge is 2.16. The molecule has 0 unspecified atom stereocenters.